The number of methoxy groups -OCH3 is 1. The van der Waals surface area contributed by atoms with E-state index in [0.717, 1.165) is 24.3 Å². The van der Waals surface area contributed by atoms with Crippen LogP contribution in [0.5, 0.6) is 5.75 Å². The number of nitrogens with one attached hydrogen (secondary N) is 1. The molecule has 0 saturated carbocycles. The standard InChI is InChI=1S/C17H25NO2/c1-12-7-13(2)9-14(8-12)17(11-19)18-15-5-4-6-16(10-15)20-3/h4-7,10,12,14,17-19H,8-9,11H2,1-3H3. The average Bonchev–Trinajstić information content (AvgIpc) is 2.44. The first-order chi connectivity index (χ1) is 9.62. The molecule has 1 aliphatic rings. The molecule has 1 aliphatic carbocycles. The van der Waals surface area contributed by atoms with Crippen molar-refractivity contribution in [3.63, 3.8) is 0 Å². The van der Waals surface area contributed by atoms with Gasteiger partial charge in [0.1, 0.15) is 5.75 Å². The van der Waals surface area contributed by atoms with Crippen molar-refractivity contribution in [2.24, 2.45) is 11.8 Å². The van der Waals surface area contributed by atoms with Crippen molar-refractivity contribution in [2.75, 3.05) is 19.0 Å². The number of aliphatic hydroxyl groups excluding tert-OH is 1. The fourth-order valence-corrected chi connectivity index (χ4v) is 3.14. The van der Waals surface area contributed by atoms with E-state index in [1.54, 1.807) is 7.11 Å². The van der Waals surface area contributed by atoms with E-state index in [9.17, 15) is 5.11 Å². The van der Waals surface area contributed by atoms with Crippen molar-refractivity contribution in [3.05, 3.63) is 35.9 Å². The number of anilines is 1. The van der Waals surface area contributed by atoms with Gasteiger partial charge in [-0.2, -0.15) is 0 Å². The lowest BCUT2D eigenvalue weighted by Gasteiger charge is -2.32. The van der Waals surface area contributed by atoms with Crippen LogP contribution in [0.25, 0.3) is 0 Å². The number of aliphatic hydroxyl groups is 1. The summed E-state index contributed by atoms with van der Waals surface area (Å²) < 4.78 is 5.24. The molecule has 3 heteroatoms. The third kappa shape index (κ3) is 3.76. The molecule has 0 aliphatic heterocycles. The maximum Gasteiger partial charge on any atom is 0.120 e. The predicted molar refractivity (Wildman–Crippen MR) is 83.1 cm³/mol. The van der Waals surface area contributed by atoms with Gasteiger partial charge in [0.2, 0.25) is 0 Å². The first-order valence-electron chi connectivity index (χ1n) is 7.31. The van der Waals surface area contributed by atoms with E-state index in [0.29, 0.717) is 11.8 Å². The topological polar surface area (TPSA) is 41.5 Å². The van der Waals surface area contributed by atoms with E-state index in [-0.39, 0.29) is 12.6 Å². The Morgan fingerprint density at radius 1 is 1.45 bits per heavy atom. The Hall–Kier alpha value is -1.48. The number of rotatable bonds is 5. The minimum atomic E-state index is 0.0909. The molecule has 110 valence electrons. The summed E-state index contributed by atoms with van der Waals surface area (Å²) in [5.41, 5.74) is 2.43. The molecule has 0 fully saturated rings. The highest BCUT2D eigenvalue weighted by atomic mass is 16.5. The van der Waals surface area contributed by atoms with Crippen LogP contribution in [-0.2, 0) is 0 Å². The quantitative estimate of drug-likeness (QED) is 0.809. The van der Waals surface area contributed by atoms with Crippen LogP contribution in [0.1, 0.15) is 26.7 Å². The summed E-state index contributed by atoms with van der Waals surface area (Å²) in [7, 11) is 1.67. The summed E-state index contributed by atoms with van der Waals surface area (Å²) >= 11 is 0. The van der Waals surface area contributed by atoms with Crippen LogP contribution in [0.2, 0.25) is 0 Å². The molecule has 0 amide bonds. The highest BCUT2D eigenvalue weighted by Gasteiger charge is 2.25. The SMILES string of the molecule is COc1cccc(NC(CO)C2CC(C)=CC(C)C2)c1. The van der Waals surface area contributed by atoms with Crippen molar-refractivity contribution in [2.45, 2.75) is 32.7 Å². The average molecular weight is 275 g/mol. The zero-order chi connectivity index (χ0) is 14.5. The maximum atomic E-state index is 9.73. The Labute approximate surface area is 121 Å². The van der Waals surface area contributed by atoms with Gasteiger partial charge in [0.05, 0.1) is 19.8 Å². The van der Waals surface area contributed by atoms with Gasteiger partial charge in [-0.25, -0.2) is 0 Å². The van der Waals surface area contributed by atoms with E-state index < -0.39 is 0 Å². The summed E-state index contributed by atoms with van der Waals surface area (Å²) in [5, 5.41) is 13.2. The largest absolute Gasteiger partial charge is 0.497 e. The Kier molecular flexibility index (Phi) is 5.07. The van der Waals surface area contributed by atoms with Crippen LogP contribution in [0.3, 0.4) is 0 Å². The molecule has 0 bridgehead atoms. The minimum absolute atomic E-state index is 0.0909. The van der Waals surface area contributed by atoms with Crippen molar-refractivity contribution < 1.29 is 9.84 Å². The van der Waals surface area contributed by atoms with Gasteiger partial charge in [-0.15, -0.1) is 0 Å². The molecule has 2 rings (SSSR count). The molecule has 0 spiro atoms. The molecule has 0 aromatic heterocycles. The molecular formula is C17H25NO2. The lowest BCUT2D eigenvalue weighted by atomic mass is 9.79. The lowest BCUT2D eigenvalue weighted by molar-refractivity contribution is 0.220. The van der Waals surface area contributed by atoms with Gasteiger partial charge >= 0.3 is 0 Å². The normalized spacial score (nSPS) is 23.9. The number of benzene rings is 1. The first-order valence-corrected chi connectivity index (χ1v) is 7.31. The van der Waals surface area contributed by atoms with Gasteiger partial charge in [-0.05, 0) is 43.7 Å². The molecule has 3 nitrogen and oxygen atoms in total. The van der Waals surface area contributed by atoms with E-state index in [1.807, 2.05) is 24.3 Å². The van der Waals surface area contributed by atoms with Gasteiger partial charge < -0.3 is 15.2 Å². The van der Waals surface area contributed by atoms with E-state index in [4.69, 9.17) is 4.74 Å². The van der Waals surface area contributed by atoms with Crippen LogP contribution in [0.4, 0.5) is 5.69 Å². The van der Waals surface area contributed by atoms with Crippen molar-refractivity contribution in [1.82, 2.24) is 0 Å². The Morgan fingerprint density at radius 2 is 2.25 bits per heavy atom. The summed E-state index contributed by atoms with van der Waals surface area (Å²) in [5.74, 6) is 1.90. The van der Waals surface area contributed by atoms with E-state index >= 15 is 0 Å². The summed E-state index contributed by atoms with van der Waals surface area (Å²) in [4.78, 5) is 0. The number of allylic oxidation sites excluding steroid dienone is 2. The molecule has 3 unspecified atom stereocenters. The second-order valence-corrected chi connectivity index (χ2v) is 5.86. The molecule has 2 N–H and O–H groups in total. The summed E-state index contributed by atoms with van der Waals surface area (Å²) in [6.07, 6.45) is 4.53. The van der Waals surface area contributed by atoms with Gasteiger partial charge in [-0.1, -0.05) is 24.6 Å². The predicted octanol–water partition coefficient (Wildman–Crippen LogP) is 3.46. The Morgan fingerprint density at radius 3 is 2.90 bits per heavy atom. The second kappa shape index (κ2) is 6.80. The minimum Gasteiger partial charge on any atom is -0.497 e. The van der Waals surface area contributed by atoms with Crippen LogP contribution >= 0.6 is 0 Å². The van der Waals surface area contributed by atoms with Crippen LogP contribution in [0.15, 0.2) is 35.9 Å². The van der Waals surface area contributed by atoms with Gasteiger partial charge in [0, 0.05) is 11.8 Å². The number of ether oxygens (including phenoxy) is 1. The molecular weight excluding hydrogens is 250 g/mol. The monoisotopic (exact) mass is 275 g/mol. The van der Waals surface area contributed by atoms with Crippen LogP contribution in [0, 0.1) is 11.8 Å². The zero-order valence-electron chi connectivity index (χ0n) is 12.6. The molecule has 0 saturated heterocycles. The summed E-state index contributed by atoms with van der Waals surface area (Å²) in [6, 6.07) is 7.96. The zero-order valence-corrected chi connectivity index (χ0v) is 12.6. The third-order valence-corrected chi connectivity index (χ3v) is 4.02. The molecule has 0 heterocycles. The maximum absolute atomic E-state index is 9.73. The van der Waals surface area contributed by atoms with Gasteiger partial charge in [0.25, 0.3) is 0 Å². The van der Waals surface area contributed by atoms with Gasteiger partial charge in [-0.3, -0.25) is 0 Å². The summed E-state index contributed by atoms with van der Waals surface area (Å²) in [6.45, 7) is 4.58. The molecule has 3 atom stereocenters. The van der Waals surface area contributed by atoms with Crippen molar-refractivity contribution in [3.8, 4) is 5.75 Å². The highest BCUT2D eigenvalue weighted by molar-refractivity contribution is 5.49. The fourth-order valence-electron chi connectivity index (χ4n) is 3.14. The Bertz CT molecular complexity index is 470. The van der Waals surface area contributed by atoms with E-state index in [1.165, 1.54) is 5.57 Å². The lowest BCUT2D eigenvalue weighted by Crippen LogP contribution is -2.35. The molecule has 0 radical (unpaired) electrons. The van der Waals surface area contributed by atoms with Crippen molar-refractivity contribution in [1.29, 1.82) is 0 Å². The number of hydrogen-bond acceptors (Lipinski definition) is 3. The fraction of sp³-hybridized carbons (Fsp3) is 0.529. The smallest absolute Gasteiger partial charge is 0.120 e. The van der Waals surface area contributed by atoms with Crippen LogP contribution < -0.4 is 10.1 Å². The number of hydrogen-bond donors (Lipinski definition) is 2. The Balaban J connectivity index is 2.07. The third-order valence-electron chi connectivity index (χ3n) is 4.02. The molecule has 1 aromatic rings. The van der Waals surface area contributed by atoms with Gasteiger partial charge in [0.15, 0.2) is 0 Å². The van der Waals surface area contributed by atoms with E-state index in [2.05, 4.69) is 25.2 Å². The first kappa shape index (κ1) is 14.9. The molecule has 20 heavy (non-hydrogen) atoms. The second-order valence-electron chi connectivity index (χ2n) is 5.86. The molecule has 1 aromatic carbocycles. The van der Waals surface area contributed by atoms with Crippen LogP contribution in [-0.4, -0.2) is 24.9 Å². The van der Waals surface area contributed by atoms with Crippen molar-refractivity contribution >= 4 is 5.69 Å². The highest BCUT2D eigenvalue weighted by Crippen LogP contribution is 2.31.